The molecule has 0 bridgehead atoms. The number of carbonyl (C=O) groups is 1. The molecular formula is C19H21F3N4O2. The van der Waals surface area contributed by atoms with Crippen molar-refractivity contribution >= 4 is 17.0 Å². The summed E-state index contributed by atoms with van der Waals surface area (Å²) < 4.78 is 31.7. The molecule has 2 aromatic heterocycles. The summed E-state index contributed by atoms with van der Waals surface area (Å²) in [6, 6.07) is 10.9. The van der Waals surface area contributed by atoms with Crippen LogP contribution >= 0.6 is 0 Å². The molecule has 0 aliphatic heterocycles. The van der Waals surface area contributed by atoms with Crippen LogP contribution in [0, 0.1) is 13.8 Å². The summed E-state index contributed by atoms with van der Waals surface area (Å²) in [7, 11) is 2.13. The first kappa shape index (κ1) is 21.4. The van der Waals surface area contributed by atoms with Gasteiger partial charge in [-0.05, 0) is 38.1 Å². The fourth-order valence-corrected chi connectivity index (χ4v) is 2.52. The van der Waals surface area contributed by atoms with Crippen LogP contribution in [0.15, 0.2) is 36.5 Å². The van der Waals surface area contributed by atoms with E-state index in [1.807, 2.05) is 13.1 Å². The van der Waals surface area contributed by atoms with E-state index in [2.05, 4.69) is 64.4 Å². The summed E-state index contributed by atoms with van der Waals surface area (Å²) in [6.45, 7) is 5.95. The van der Waals surface area contributed by atoms with Crippen LogP contribution in [-0.2, 0) is 17.9 Å². The van der Waals surface area contributed by atoms with E-state index in [4.69, 9.17) is 9.90 Å². The molecule has 150 valence electrons. The van der Waals surface area contributed by atoms with Crippen LogP contribution in [0.4, 0.5) is 13.2 Å². The summed E-state index contributed by atoms with van der Waals surface area (Å²) >= 11 is 0. The van der Waals surface area contributed by atoms with E-state index in [-0.39, 0.29) is 0 Å². The molecule has 0 amide bonds. The molecule has 6 nitrogen and oxygen atoms in total. The van der Waals surface area contributed by atoms with Gasteiger partial charge in [0.1, 0.15) is 0 Å². The average molecular weight is 394 g/mol. The predicted octanol–water partition coefficient (Wildman–Crippen LogP) is 3.84. The zero-order valence-corrected chi connectivity index (χ0v) is 15.7. The molecule has 0 aliphatic carbocycles. The van der Waals surface area contributed by atoms with Gasteiger partial charge in [-0.25, -0.2) is 9.78 Å². The number of hydrogen-bond donors (Lipinski definition) is 2. The number of H-pyrrole nitrogens is 1. The number of alkyl halides is 3. The van der Waals surface area contributed by atoms with Gasteiger partial charge in [-0.15, -0.1) is 0 Å². The number of aromatic amines is 1. The Morgan fingerprint density at radius 1 is 1.14 bits per heavy atom. The van der Waals surface area contributed by atoms with Crippen molar-refractivity contribution in [3.05, 3.63) is 58.9 Å². The Labute approximate surface area is 160 Å². The SMILES string of the molecule is Cc1ccc(CN(C)Cc2cnc3n[nH]c(C)c3c2)cc1.O=C(O)C(F)(F)F. The number of nitrogens with one attached hydrogen (secondary N) is 1. The number of fused-ring (bicyclic) bond motifs is 1. The molecule has 3 aromatic rings. The quantitative estimate of drug-likeness (QED) is 0.703. The lowest BCUT2D eigenvalue weighted by molar-refractivity contribution is -0.192. The van der Waals surface area contributed by atoms with Crippen LogP contribution in [0.5, 0.6) is 0 Å². The minimum Gasteiger partial charge on any atom is -0.475 e. The fraction of sp³-hybridized carbons (Fsp3) is 0.316. The lowest BCUT2D eigenvalue weighted by atomic mass is 10.1. The van der Waals surface area contributed by atoms with E-state index in [1.165, 1.54) is 16.7 Å². The Morgan fingerprint density at radius 3 is 2.29 bits per heavy atom. The molecule has 0 fully saturated rings. The molecule has 0 aliphatic rings. The second-order valence-electron chi connectivity index (χ2n) is 6.52. The maximum Gasteiger partial charge on any atom is 0.490 e. The number of aromatic nitrogens is 3. The molecule has 2 heterocycles. The Balaban J connectivity index is 0.000000345. The van der Waals surface area contributed by atoms with Gasteiger partial charge >= 0.3 is 12.1 Å². The summed E-state index contributed by atoms with van der Waals surface area (Å²) in [5, 5.41) is 15.4. The monoisotopic (exact) mass is 394 g/mol. The third-order valence-electron chi connectivity index (χ3n) is 3.92. The summed E-state index contributed by atoms with van der Waals surface area (Å²) in [6.07, 6.45) is -3.17. The summed E-state index contributed by atoms with van der Waals surface area (Å²) in [5.41, 5.74) is 5.70. The molecule has 28 heavy (non-hydrogen) atoms. The van der Waals surface area contributed by atoms with E-state index in [0.29, 0.717) is 0 Å². The van der Waals surface area contributed by atoms with E-state index >= 15 is 0 Å². The fourth-order valence-electron chi connectivity index (χ4n) is 2.52. The third-order valence-corrected chi connectivity index (χ3v) is 3.92. The number of hydrogen-bond acceptors (Lipinski definition) is 4. The molecule has 9 heteroatoms. The van der Waals surface area contributed by atoms with Crippen LogP contribution in [0.1, 0.15) is 22.4 Å². The molecule has 1 aromatic carbocycles. The van der Waals surface area contributed by atoms with Gasteiger partial charge < -0.3 is 5.11 Å². The van der Waals surface area contributed by atoms with Gasteiger partial charge in [-0.3, -0.25) is 10.00 Å². The minimum atomic E-state index is -5.08. The maximum absolute atomic E-state index is 10.6. The topological polar surface area (TPSA) is 82.1 Å². The highest BCUT2D eigenvalue weighted by Gasteiger charge is 2.38. The summed E-state index contributed by atoms with van der Waals surface area (Å²) in [4.78, 5) is 15.6. The number of pyridine rings is 1. The standard InChI is InChI=1S/C17H20N4.C2HF3O2/c1-12-4-6-14(7-5-12)10-21(3)11-15-8-16-13(2)19-20-17(16)18-9-15;3-2(4,5)1(6)7/h4-9H,10-11H2,1-3H3,(H,18,19,20);(H,6,7). The Morgan fingerprint density at radius 2 is 1.71 bits per heavy atom. The number of rotatable bonds is 4. The van der Waals surface area contributed by atoms with Crippen molar-refractivity contribution in [1.82, 2.24) is 20.1 Å². The van der Waals surface area contributed by atoms with Crippen molar-refractivity contribution in [2.24, 2.45) is 0 Å². The second kappa shape index (κ2) is 8.83. The molecule has 0 atom stereocenters. The molecule has 0 saturated heterocycles. The Bertz CT molecular complexity index is 936. The minimum absolute atomic E-state index is 0.789. The van der Waals surface area contributed by atoms with Gasteiger partial charge in [0.05, 0.1) is 0 Å². The van der Waals surface area contributed by atoms with Crippen molar-refractivity contribution in [3.63, 3.8) is 0 Å². The smallest absolute Gasteiger partial charge is 0.475 e. The highest BCUT2D eigenvalue weighted by molar-refractivity contribution is 5.77. The zero-order valence-electron chi connectivity index (χ0n) is 15.7. The van der Waals surface area contributed by atoms with Crippen molar-refractivity contribution in [2.75, 3.05) is 7.05 Å². The van der Waals surface area contributed by atoms with Crippen molar-refractivity contribution in [3.8, 4) is 0 Å². The van der Waals surface area contributed by atoms with Gasteiger partial charge in [0.2, 0.25) is 0 Å². The number of carboxylic acid groups (broad SMARTS) is 1. The highest BCUT2D eigenvalue weighted by Crippen LogP contribution is 2.16. The molecule has 0 radical (unpaired) electrons. The van der Waals surface area contributed by atoms with Crippen LogP contribution in [-0.4, -0.2) is 44.4 Å². The van der Waals surface area contributed by atoms with Gasteiger partial charge in [0.25, 0.3) is 0 Å². The average Bonchev–Trinajstić information content (AvgIpc) is 2.97. The first-order chi connectivity index (χ1) is 13.1. The zero-order chi connectivity index (χ0) is 20.9. The van der Waals surface area contributed by atoms with Gasteiger partial charge in [-0.2, -0.15) is 18.3 Å². The third kappa shape index (κ3) is 6.05. The van der Waals surface area contributed by atoms with Gasteiger partial charge in [-0.1, -0.05) is 29.8 Å². The molecule has 3 rings (SSSR count). The van der Waals surface area contributed by atoms with E-state index < -0.39 is 12.1 Å². The van der Waals surface area contributed by atoms with E-state index in [0.717, 1.165) is 29.8 Å². The molecule has 0 spiro atoms. The number of aryl methyl sites for hydroxylation is 2. The Kier molecular flexibility index (Phi) is 6.74. The molecule has 0 saturated carbocycles. The first-order valence-corrected chi connectivity index (χ1v) is 8.40. The van der Waals surface area contributed by atoms with Crippen molar-refractivity contribution in [1.29, 1.82) is 0 Å². The lowest BCUT2D eigenvalue weighted by Crippen LogP contribution is -2.21. The van der Waals surface area contributed by atoms with Crippen molar-refractivity contribution in [2.45, 2.75) is 33.1 Å². The van der Waals surface area contributed by atoms with E-state index in [9.17, 15) is 13.2 Å². The number of carboxylic acids is 1. The number of halogens is 3. The van der Waals surface area contributed by atoms with E-state index in [1.54, 1.807) is 0 Å². The van der Waals surface area contributed by atoms with Gasteiger partial charge in [0, 0.05) is 30.4 Å². The second-order valence-corrected chi connectivity index (χ2v) is 6.52. The van der Waals surface area contributed by atoms with Gasteiger partial charge in [0.15, 0.2) is 5.65 Å². The predicted molar refractivity (Wildman–Crippen MR) is 98.7 cm³/mol. The van der Waals surface area contributed by atoms with Crippen LogP contribution in [0.25, 0.3) is 11.0 Å². The van der Waals surface area contributed by atoms with Crippen LogP contribution in [0.3, 0.4) is 0 Å². The molecule has 0 unspecified atom stereocenters. The highest BCUT2D eigenvalue weighted by atomic mass is 19.4. The normalized spacial score (nSPS) is 11.4. The van der Waals surface area contributed by atoms with Crippen LogP contribution < -0.4 is 0 Å². The molecule has 2 N–H and O–H groups in total. The largest absolute Gasteiger partial charge is 0.490 e. The van der Waals surface area contributed by atoms with Crippen molar-refractivity contribution < 1.29 is 23.1 Å². The summed E-state index contributed by atoms with van der Waals surface area (Å²) in [5.74, 6) is -2.76. The molecular weight excluding hydrogens is 373 g/mol. The Hall–Kier alpha value is -2.94. The number of aliphatic carboxylic acids is 1. The first-order valence-electron chi connectivity index (χ1n) is 8.40. The maximum atomic E-state index is 10.6. The number of benzene rings is 1. The van der Waals surface area contributed by atoms with Crippen LogP contribution in [0.2, 0.25) is 0 Å². The lowest BCUT2D eigenvalue weighted by Gasteiger charge is -2.16. The number of nitrogens with zero attached hydrogens (tertiary/aromatic N) is 3.